The van der Waals surface area contributed by atoms with Crippen molar-refractivity contribution in [3.8, 4) is 6.07 Å². The fraction of sp³-hybridized carbons (Fsp3) is 0.286. The molecule has 0 aliphatic carbocycles. The van der Waals surface area contributed by atoms with Crippen molar-refractivity contribution in [2.24, 2.45) is 9.98 Å². The van der Waals surface area contributed by atoms with Gasteiger partial charge in [0.25, 0.3) is 0 Å². The number of aliphatic imine (C=N–C) groups is 2. The van der Waals surface area contributed by atoms with Gasteiger partial charge in [0.1, 0.15) is 11.8 Å². The zero-order chi connectivity index (χ0) is 12.6. The van der Waals surface area contributed by atoms with Crippen molar-refractivity contribution in [1.29, 1.82) is 5.26 Å². The third-order valence-electron chi connectivity index (χ3n) is 1.51. The number of hydrogen-bond acceptors (Lipinski definition) is 3. The van der Waals surface area contributed by atoms with Crippen molar-refractivity contribution in [3.05, 3.63) is 11.1 Å². The summed E-state index contributed by atoms with van der Waals surface area (Å²) >= 11 is 0. The molecule has 0 saturated carbocycles. The topological polar surface area (TPSA) is 70.8 Å². The van der Waals surface area contributed by atoms with Crippen LogP contribution in [0.1, 0.15) is 0 Å². The van der Waals surface area contributed by atoms with Gasteiger partial charge in [0.2, 0.25) is 5.84 Å². The molecule has 0 atom stereocenters. The van der Waals surface area contributed by atoms with Crippen LogP contribution in [0.5, 0.6) is 0 Å². The van der Waals surface area contributed by atoms with Gasteiger partial charge in [-0.1, -0.05) is 0 Å². The molecule has 84 valence electrons. The molecular weight excluding hydrogens is 235 g/mol. The number of alkyl halides is 5. The lowest BCUT2D eigenvalue weighted by atomic mass is 10.3. The monoisotopic (exact) mass is 235 g/mol. The molecule has 16 heavy (non-hydrogen) atoms. The van der Waals surface area contributed by atoms with Crippen LogP contribution in [0, 0.1) is 11.3 Å². The predicted octanol–water partition coefficient (Wildman–Crippen LogP) is 1.68. The van der Waals surface area contributed by atoms with E-state index in [4.69, 9.17) is 10.7 Å². The minimum absolute atomic E-state index is 0.860. The molecule has 1 aliphatic heterocycles. The summed E-state index contributed by atoms with van der Waals surface area (Å²) in [5.74, 6) is -5.99. The SMILES string of the molecule is N#CC1=NC(C(F)(F)C(F)(F)F)=NC1=C=[N-]. The lowest BCUT2D eigenvalue weighted by molar-refractivity contribution is -0.249. The molecule has 0 saturated heterocycles. The Morgan fingerprint density at radius 3 is 2.00 bits per heavy atom. The third kappa shape index (κ3) is 1.70. The van der Waals surface area contributed by atoms with Gasteiger partial charge in [-0.25, -0.2) is 15.9 Å². The van der Waals surface area contributed by atoms with Crippen LogP contribution in [0.4, 0.5) is 22.0 Å². The van der Waals surface area contributed by atoms with Crippen LogP contribution in [0.15, 0.2) is 15.7 Å². The van der Waals surface area contributed by atoms with Crippen molar-refractivity contribution in [1.82, 2.24) is 0 Å². The Morgan fingerprint density at radius 2 is 1.69 bits per heavy atom. The van der Waals surface area contributed by atoms with E-state index in [1.165, 1.54) is 11.9 Å². The summed E-state index contributed by atoms with van der Waals surface area (Å²) in [6.07, 6.45) is -5.87. The normalized spacial score (nSPS) is 16.4. The van der Waals surface area contributed by atoms with Gasteiger partial charge in [-0.3, -0.25) is 0 Å². The van der Waals surface area contributed by atoms with Crippen LogP contribution in [0.3, 0.4) is 0 Å². The Labute approximate surface area is 84.9 Å². The summed E-state index contributed by atoms with van der Waals surface area (Å²) in [6, 6.07) is 1.19. The van der Waals surface area contributed by atoms with Gasteiger partial charge in [-0.2, -0.15) is 27.2 Å². The molecule has 1 aliphatic rings. The number of rotatable bonds is 1. The molecule has 0 radical (unpaired) electrons. The summed E-state index contributed by atoms with van der Waals surface area (Å²) in [6.45, 7) is 0. The Hall–Kier alpha value is -2.07. The lowest BCUT2D eigenvalue weighted by Gasteiger charge is -2.16. The average molecular weight is 235 g/mol. The number of amidine groups is 1. The maximum atomic E-state index is 12.7. The number of nitrogens with zero attached hydrogens (tertiary/aromatic N) is 4. The van der Waals surface area contributed by atoms with Gasteiger partial charge >= 0.3 is 12.1 Å². The van der Waals surface area contributed by atoms with Crippen molar-refractivity contribution in [2.75, 3.05) is 0 Å². The van der Waals surface area contributed by atoms with E-state index < -0.39 is 29.3 Å². The maximum absolute atomic E-state index is 12.7. The molecule has 1 rings (SSSR count). The van der Waals surface area contributed by atoms with E-state index in [2.05, 4.69) is 9.98 Å². The third-order valence-corrected chi connectivity index (χ3v) is 1.51. The first-order chi connectivity index (χ1) is 7.24. The highest BCUT2D eigenvalue weighted by atomic mass is 19.4. The van der Waals surface area contributed by atoms with E-state index >= 15 is 0 Å². The number of nitriles is 1. The first kappa shape index (κ1) is 12.0. The summed E-state index contributed by atoms with van der Waals surface area (Å²) in [7, 11) is 0. The fourth-order valence-electron chi connectivity index (χ4n) is 0.766. The van der Waals surface area contributed by atoms with Gasteiger partial charge in [0.05, 0.1) is 0 Å². The molecule has 4 nitrogen and oxygen atoms in total. The van der Waals surface area contributed by atoms with E-state index in [9.17, 15) is 22.0 Å². The fourth-order valence-corrected chi connectivity index (χ4v) is 0.766. The van der Waals surface area contributed by atoms with Crippen LogP contribution in [-0.2, 0) is 0 Å². The second-order valence-corrected chi connectivity index (χ2v) is 2.54. The summed E-state index contributed by atoms with van der Waals surface area (Å²) < 4.78 is 60.9. The largest absolute Gasteiger partial charge is 0.761 e. The molecule has 0 aromatic heterocycles. The van der Waals surface area contributed by atoms with Gasteiger partial charge in [0, 0.05) is 0 Å². The van der Waals surface area contributed by atoms with Gasteiger partial charge < -0.3 is 5.41 Å². The standard InChI is InChI=1S/C7F5N4/c8-6(9,7(10,11)12)5-15-3(1-13)4(2-14)16-5/q-1. The molecule has 0 fully saturated rings. The van der Waals surface area contributed by atoms with Crippen LogP contribution in [-0.4, -0.2) is 29.5 Å². The predicted molar refractivity (Wildman–Crippen MR) is 43.4 cm³/mol. The Kier molecular flexibility index (Phi) is 2.63. The van der Waals surface area contributed by atoms with Crippen LogP contribution in [0.2, 0.25) is 0 Å². The summed E-state index contributed by atoms with van der Waals surface area (Å²) in [4.78, 5) is 5.35. The maximum Gasteiger partial charge on any atom is 0.461 e. The number of halogens is 5. The van der Waals surface area contributed by atoms with E-state index in [1.807, 2.05) is 0 Å². The molecule has 0 aromatic carbocycles. The van der Waals surface area contributed by atoms with Crippen LogP contribution < -0.4 is 0 Å². The highest BCUT2D eigenvalue weighted by Crippen LogP contribution is 2.38. The quantitative estimate of drug-likeness (QED) is 0.503. The van der Waals surface area contributed by atoms with Crippen molar-refractivity contribution < 1.29 is 22.0 Å². The molecule has 9 heteroatoms. The first-order valence-electron chi connectivity index (χ1n) is 3.54. The summed E-state index contributed by atoms with van der Waals surface area (Å²) in [5.41, 5.74) is -1.72. The van der Waals surface area contributed by atoms with Crippen molar-refractivity contribution in [3.63, 3.8) is 0 Å². The Morgan fingerprint density at radius 1 is 1.12 bits per heavy atom. The van der Waals surface area contributed by atoms with Crippen molar-refractivity contribution >= 4 is 17.4 Å². The highest BCUT2D eigenvalue weighted by molar-refractivity contribution is 6.25. The summed E-state index contributed by atoms with van der Waals surface area (Å²) in [5, 5.41) is 16.6. The second kappa shape index (κ2) is 3.50. The molecule has 0 N–H and O–H groups in total. The average Bonchev–Trinajstić information content (AvgIpc) is 2.59. The zero-order valence-electron chi connectivity index (χ0n) is 7.18. The van der Waals surface area contributed by atoms with Crippen LogP contribution >= 0.6 is 0 Å². The molecule has 0 spiro atoms. The number of hydrogen-bond donors (Lipinski definition) is 0. The minimum atomic E-state index is -5.87. The highest BCUT2D eigenvalue weighted by Gasteiger charge is 2.62. The smallest absolute Gasteiger partial charge is 0.461 e. The van der Waals surface area contributed by atoms with E-state index in [1.54, 1.807) is 0 Å². The zero-order valence-corrected chi connectivity index (χ0v) is 7.18. The van der Waals surface area contributed by atoms with E-state index in [0.717, 1.165) is 0 Å². The minimum Gasteiger partial charge on any atom is -0.761 e. The molecule has 0 aromatic rings. The molecule has 0 bridgehead atoms. The molecule has 1 heterocycles. The Balaban J connectivity index is 3.26. The van der Waals surface area contributed by atoms with Gasteiger partial charge in [-0.15, -0.1) is 0 Å². The van der Waals surface area contributed by atoms with Gasteiger partial charge in [0.15, 0.2) is 5.71 Å². The van der Waals surface area contributed by atoms with Crippen LogP contribution in [0.25, 0.3) is 5.41 Å². The lowest BCUT2D eigenvalue weighted by Crippen LogP contribution is -2.42. The number of allylic oxidation sites excluding steroid dienone is 1. The Bertz CT molecular complexity index is 472. The van der Waals surface area contributed by atoms with E-state index in [0.29, 0.717) is 0 Å². The second-order valence-electron chi connectivity index (χ2n) is 2.54. The van der Waals surface area contributed by atoms with Crippen molar-refractivity contribution in [2.45, 2.75) is 12.1 Å². The molecular formula is C7F5N4-. The first-order valence-corrected chi connectivity index (χ1v) is 3.54. The van der Waals surface area contributed by atoms with E-state index in [-0.39, 0.29) is 0 Å². The molecule has 0 unspecified atom stereocenters. The van der Waals surface area contributed by atoms with Gasteiger partial charge in [-0.05, 0) is 0 Å². The molecule has 0 amide bonds.